The van der Waals surface area contributed by atoms with Gasteiger partial charge in [0.1, 0.15) is 10.7 Å². The van der Waals surface area contributed by atoms with Gasteiger partial charge in [0.15, 0.2) is 0 Å². The molecule has 0 radical (unpaired) electrons. The van der Waals surface area contributed by atoms with Crippen molar-refractivity contribution in [1.29, 1.82) is 0 Å². The van der Waals surface area contributed by atoms with Crippen LogP contribution in [0.25, 0.3) is 0 Å². The second-order valence-electron chi connectivity index (χ2n) is 7.32. The van der Waals surface area contributed by atoms with E-state index in [1.807, 2.05) is 24.3 Å². The number of benzene rings is 2. The Morgan fingerprint density at radius 1 is 1.07 bits per heavy atom. The van der Waals surface area contributed by atoms with Crippen LogP contribution < -0.4 is 10.2 Å². The minimum absolute atomic E-state index is 0.117. The number of carbonyl (C=O) groups is 1. The highest BCUT2D eigenvalue weighted by molar-refractivity contribution is 7.89. The number of hydrogen-bond donors (Lipinski definition) is 1. The van der Waals surface area contributed by atoms with E-state index in [-0.39, 0.29) is 29.8 Å². The molecular weight excluding hydrogens is 405 g/mol. The minimum atomic E-state index is -3.90. The van der Waals surface area contributed by atoms with Gasteiger partial charge in [-0.1, -0.05) is 12.1 Å². The summed E-state index contributed by atoms with van der Waals surface area (Å²) < 4.78 is 40.6. The predicted molar refractivity (Wildman–Crippen MR) is 117 cm³/mol. The first-order valence-corrected chi connectivity index (χ1v) is 11.7. The Bertz CT molecular complexity index is 967. The van der Waals surface area contributed by atoms with Gasteiger partial charge in [-0.25, -0.2) is 12.8 Å². The lowest BCUT2D eigenvalue weighted by Gasteiger charge is -2.30. The van der Waals surface area contributed by atoms with E-state index in [1.165, 1.54) is 22.5 Å². The van der Waals surface area contributed by atoms with Gasteiger partial charge in [-0.05, 0) is 63.1 Å². The lowest BCUT2D eigenvalue weighted by atomic mass is 9.97. The molecule has 0 aromatic heterocycles. The van der Waals surface area contributed by atoms with Crippen LogP contribution in [-0.2, 0) is 14.8 Å². The third kappa shape index (κ3) is 4.82. The SMILES string of the molecule is CCN(CC)c1ccc(NC(=O)C2CCN(S(=O)(=O)c3ccccc3F)CC2)cc1. The van der Waals surface area contributed by atoms with Crippen LogP contribution >= 0.6 is 0 Å². The third-order valence-corrected chi connectivity index (χ3v) is 7.47. The molecule has 0 atom stereocenters. The first kappa shape index (κ1) is 22.2. The number of amides is 1. The van der Waals surface area contributed by atoms with Gasteiger partial charge in [0.05, 0.1) is 0 Å². The highest BCUT2D eigenvalue weighted by Gasteiger charge is 2.33. The van der Waals surface area contributed by atoms with Gasteiger partial charge in [0.2, 0.25) is 15.9 Å². The summed E-state index contributed by atoms with van der Waals surface area (Å²) in [7, 11) is -3.90. The van der Waals surface area contributed by atoms with E-state index < -0.39 is 15.8 Å². The Kier molecular flexibility index (Phi) is 7.10. The standard InChI is InChI=1S/C22H28FN3O3S/c1-3-25(4-2)19-11-9-18(10-12-19)24-22(27)17-13-15-26(16-14-17)30(28,29)21-8-6-5-7-20(21)23/h5-12,17H,3-4,13-16H2,1-2H3,(H,24,27). The molecule has 1 heterocycles. The normalized spacial score (nSPS) is 15.7. The van der Waals surface area contributed by atoms with Crippen LogP contribution in [-0.4, -0.2) is 44.8 Å². The molecular formula is C22H28FN3O3S. The van der Waals surface area contributed by atoms with E-state index in [2.05, 4.69) is 24.1 Å². The number of rotatable bonds is 7. The molecule has 30 heavy (non-hydrogen) atoms. The topological polar surface area (TPSA) is 69.7 Å². The molecule has 1 aliphatic heterocycles. The van der Waals surface area contributed by atoms with Crippen molar-refractivity contribution in [2.45, 2.75) is 31.6 Å². The first-order valence-electron chi connectivity index (χ1n) is 10.3. The zero-order valence-corrected chi connectivity index (χ0v) is 18.2. The van der Waals surface area contributed by atoms with Crippen molar-refractivity contribution >= 4 is 27.3 Å². The maximum Gasteiger partial charge on any atom is 0.245 e. The molecule has 1 saturated heterocycles. The number of sulfonamides is 1. The molecule has 0 aliphatic carbocycles. The fourth-order valence-corrected chi connectivity index (χ4v) is 5.27. The van der Waals surface area contributed by atoms with Crippen molar-refractivity contribution in [3.8, 4) is 0 Å². The van der Waals surface area contributed by atoms with Crippen molar-refractivity contribution in [2.75, 3.05) is 36.4 Å². The lowest BCUT2D eigenvalue weighted by Crippen LogP contribution is -2.41. The van der Waals surface area contributed by atoms with Crippen LogP contribution in [0.1, 0.15) is 26.7 Å². The maximum absolute atomic E-state index is 13.9. The third-order valence-electron chi connectivity index (χ3n) is 5.54. The van der Waals surface area contributed by atoms with Gasteiger partial charge < -0.3 is 10.2 Å². The maximum atomic E-state index is 13.9. The van der Waals surface area contributed by atoms with Crippen LogP contribution in [0.15, 0.2) is 53.4 Å². The molecule has 0 unspecified atom stereocenters. The number of halogens is 1. The fourth-order valence-electron chi connectivity index (χ4n) is 3.74. The molecule has 1 aliphatic rings. The van der Waals surface area contributed by atoms with E-state index in [0.29, 0.717) is 12.8 Å². The molecule has 1 amide bonds. The van der Waals surface area contributed by atoms with Crippen molar-refractivity contribution < 1.29 is 17.6 Å². The van der Waals surface area contributed by atoms with Crippen LogP contribution in [0.4, 0.5) is 15.8 Å². The number of nitrogens with zero attached hydrogens (tertiary/aromatic N) is 2. The van der Waals surface area contributed by atoms with Crippen molar-refractivity contribution in [3.05, 3.63) is 54.3 Å². The van der Waals surface area contributed by atoms with Gasteiger partial charge in [-0.3, -0.25) is 4.79 Å². The van der Waals surface area contributed by atoms with E-state index in [1.54, 1.807) is 0 Å². The highest BCUT2D eigenvalue weighted by atomic mass is 32.2. The molecule has 1 N–H and O–H groups in total. The summed E-state index contributed by atoms with van der Waals surface area (Å²) >= 11 is 0. The minimum Gasteiger partial charge on any atom is -0.372 e. The summed E-state index contributed by atoms with van der Waals surface area (Å²) in [5.41, 5.74) is 1.82. The quantitative estimate of drug-likeness (QED) is 0.723. The zero-order valence-electron chi connectivity index (χ0n) is 17.3. The van der Waals surface area contributed by atoms with Crippen LogP contribution in [0.5, 0.6) is 0 Å². The van der Waals surface area contributed by atoms with Crippen molar-refractivity contribution in [3.63, 3.8) is 0 Å². The smallest absolute Gasteiger partial charge is 0.245 e. The average Bonchev–Trinajstić information content (AvgIpc) is 2.76. The first-order chi connectivity index (χ1) is 14.4. The fraction of sp³-hybridized carbons (Fsp3) is 0.409. The highest BCUT2D eigenvalue weighted by Crippen LogP contribution is 2.26. The van der Waals surface area contributed by atoms with Gasteiger partial charge in [0.25, 0.3) is 0 Å². The van der Waals surface area contributed by atoms with Crippen molar-refractivity contribution in [1.82, 2.24) is 4.31 Å². The summed E-state index contributed by atoms with van der Waals surface area (Å²) in [6.07, 6.45) is 0.800. The molecule has 2 aromatic rings. The second-order valence-corrected chi connectivity index (χ2v) is 9.22. The number of hydrogen-bond acceptors (Lipinski definition) is 4. The van der Waals surface area contributed by atoms with Gasteiger partial charge in [-0.2, -0.15) is 4.31 Å². The van der Waals surface area contributed by atoms with E-state index in [0.717, 1.165) is 30.5 Å². The number of nitrogens with one attached hydrogen (secondary N) is 1. The average molecular weight is 434 g/mol. The van der Waals surface area contributed by atoms with Gasteiger partial charge >= 0.3 is 0 Å². The molecule has 1 fully saturated rings. The molecule has 8 heteroatoms. The summed E-state index contributed by atoms with van der Waals surface area (Å²) in [6, 6.07) is 13.1. The Balaban J connectivity index is 1.58. The monoisotopic (exact) mass is 433 g/mol. The Morgan fingerprint density at radius 2 is 1.67 bits per heavy atom. The van der Waals surface area contributed by atoms with Crippen LogP contribution in [0.3, 0.4) is 0 Å². The molecule has 6 nitrogen and oxygen atoms in total. The van der Waals surface area contributed by atoms with E-state index >= 15 is 0 Å². The van der Waals surface area contributed by atoms with Crippen LogP contribution in [0, 0.1) is 11.7 Å². The summed E-state index contributed by atoms with van der Waals surface area (Å²) in [6.45, 7) is 6.40. The van der Waals surface area contributed by atoms with Crippen molar-refractivity contribution in [2.24, 2.45) is 5.92 Å². The van der Waals surface area contributed by atoms with Gasteiger partial charge in [-0.15, -0.1) is 0 Å². The molecule has 0 saturated carbocycles. The number of piperidine rings is 1. The van der Waals surface area contributed by atoms with E-state index in [9.17, 15) is 17.6 Å². The molecule has 0 spiro atoms. The Labute approximate surface area is 177 Å². The molecule has 162 valence electrons. The molecule has 0 bridgehead atoms. The summed E-state index contributed by atoms with van der Waals surface area (Å²) in [5, 5.41) is 2.92. The van der Waals surface area contributed by atoms with Crippen LogP contribution in [0.2, 0.25) is 0 Å². The predicted octanol–water partition coefficient (Wildman–Crippen LogP) is 3.71. The Hall–Kier alpha value is -2.45. The largest absolute Gasteiger partial charge is 0.372 e. The second kappa shape index (κ2) is 9.57. The Morgan fingerprint density at radius 3 is 2.23 bits per heavy atom. The molecule has 2 aromatic carbocycles. The number of carbonyl (C=O) groups excluding carboxylic acids is 1. The van der Waals surface area contributed by atoms with Gasteiger partial charge in [0, 0.05) is 43.5 Å². The zero-order chi connectivity index (χ0) is 21.7. The number of anilines is 2. The lowest BCUT2D eigenvalue weighted by molar-refractivity contribution is -0.120. The molecule has 3 rings (SSSR count). The summed E-state index contributed by atoms with van der Waals surface area (Å²) in [5.74, 6) is -1.15. The van der Waals surface area contributed by atoms with E-state index in [4.69, 9.17) is 0 Å². The summed E-state index contributed by atoms with van der Waals surface area (Å²) in [4.78, 5) is 14.5.